The first-order valence-corrected chi connectivity index (χ1v) is 22.5. The monoisotopic (exact) mass is 616 g/mol. The van der Waals surface area contributed by atoms with E-state index < -0.39 is 16.6 Å². The Bertz CT molecular complexity index is 1260. The molecule has 5 heteroatoms. The average Bonchev–Trinajstić information content (AvgIpc) is 3.27. The molecule has 2 aromatic rings. The molecular weight excluding hydrogens is 561 g/mol. The van der Waals surface area contributed by atoms with Crippen LogP contribution in [0, 0.1) is 34.5 Å². The normalized spacial score (nSPS) is 36.5. The number of rotatable bonds is 6. The minimum Gasteiger partial charge on any atom is -0.414 e. The summed E-state index contributed by atoms with van der Waals surface area (Å²) in [6.07, 6.45) is 9.31. The largest absolute Gasteiger partial charge is 0.414 e. The Balaban J connectivity index is 1.30. The van der Waals surface area contributed by atoms with Crippen LogP contribution in [0.25, 0.3) is 0 Å². The van der Waals surface area contributed by atoms with Crippen molar-refractivity contribution in [2.24, 2.45) is 34.5 Å². The second kappa shape index (κ2) is 11.1. The van der Waals surface area contributed by atoms with Gasteiger partial charge in [0.2, 0.25) is 0 Å². The van der Waals surface area contributed by atoms with Crippen LogP contribution in [0.4, 0.5) is 0 Å². The molecule has 4 aliphatic rings. The van der Waals surface area contributed by atoms with Crippen LogP contribution in [0.5, 0.6) is 0 Å². The number of ketones is 1. The first-order valence-electron chi connectivity index (χ1n) is 17.2. The van der Waals surface area contributed by atoms with Crippen molar-refractivity contribution in [1.29, 1.82) is 0 Å². The van der Waals surface area contributed by atoms with Gasteiger partial charge in [-0.3, -0.25) is 4.79 Å². The van der Waals surface area contributed by atoms with Crippen molar-refractivity contribution in [3.63, 3.8) is 0 Å². The van der Waals surface area contributed by atoms with E-state index in [4.69, 9.17) is 8.85 Å². The zero-order valence-electron chi connectivity index (χ0n) is 28.1. The Morgan fingerprint density at radius 2 is 1.37 bits per heavy atom. The molecule has 0 radical (unpaired) electrons. The number of fused-ring (bicyclic) bond motifs is 5. The van der Waals surface area contributed by atoms with Gasteiger partial charge >= 0.3 is 0 Å². The number of carbonyl (C=O) groups is 1. The van der Waals surface area contributed by atoms with E-state index in [1.165, 1.54) is 29.6 Å². The Kier molecular flexibility index (Phi) is 8.09. The van der Waals surface area contributed by atoms with E-state index in [1.807, 2.05) is 0 Å². The van der Waals surface area contributed by atoms with Gasteiger partial charge in [0.15, 0.2) is 8.32 Å². The van der Waals surface area contributed by atoms with E-state index in [0.29, 0.717) is 34.9 Å². The summed E-state index contributed by atoms with van der Waals surface area (Å²) in [5.41, 5.74) is 0.0104. The van der Waals surface area contributed by atoms with Crippen LogP contribution in [0.2, 0.25) is 24.7 Å². The van der Waals surface area contributed by atoms with Crippen LogP contribution < -0.4 is 10.4 Å². The number of carbonyl (C=O) groups excluding carboxylic acids is 1. The van der Waals surface area contributed by atoms with Crippen molar-refractivity contribution in [3.05, 3.63) is 60.7 Å². The lowest BCUT2D eigenvalue weighted by Gasteiger charge is -2.62. The van der Waals surface area contributed by atoms with Crippen molar-refractivity contribution in [3.8, 4) is 0 Å². The summed E-state index contributed by atoms with van der Waals surface area (Å²) >= 11 is 0. The molecule has 0 N–H and O–H groups in total. The fraction of sp³-hybridized carbons (Fsp3) is 0.658. The van der Waals surface area contributed by atoms with Crippen LogP contribution in [-0.2, 0) is 13.6 Å². The smallest absolute Gasteiger partial charge is 0.261 e. The molecule has 234 valence electrons. The standard InChI is InChI=1S/C38H56O3Si2/c1-36(2,3)43(29-15-11-9-12-16-29,30-17-13-10-14-18-30)40-28-23-24-37(4)27(25-28)19-20-31-32-21-22-34(39)38(32,5)35(26-33(31)37)41-42(6,7)8/h9-18,27-28,31-33,35H,19-26H2,1-8H3/t27-,28-,31+,32+,33+,35+,37+,38+/m1/s1. The number of hydrogen-bond donors (Lipinski definition) is 0. The molecule has 43 heavy (non-hydrogen) atoms. The molecule has 2 aromatic carbocycles. The minimum atomic E-state index is -2.58. The molecule has 8 atom stereocenters. The molecular formula is C38H56O3Si2. The number of benzene rings is 2. The zero-order valence-corrected chi connectivity index (χ0v) is 30.1. The third kappa shape index (κ3) is 5.18. The van der Waals surface area contributed by atoms with Crippen LogP contribution in [0.3, 0.4) is 0 Å². The molecule has 0 aromatic heterocycles. The third-order valence-corrected chi connectivity index (χ3v) is 18.7. The van der Waals surface area contributed by atoms with Crippen molar-refractivity contribution >= 4 is 32.8 Å². The summed E-state index contributed by atoms with van der Waals surface area (Å²) in [7, 11) is -4.37. The highest BCUT2D eigenvalue weighted by atomic mass is 28.4. The molecule has 0 heterocycles. The van der Waals surface area contributed by atoms with Crippen molar-refractivity contribution < 1.29 is 13.6 Å². The topological polar surface area (TPSA) is 35.5 Å². The summed E-state index contributed by atoms with van der Waals surface area (Å²) < 4.78 is 14.7. The van der Waals surface area contributed by atoms with Gasteiger partial charge in [0.25, 0.3) is 8.32 Å². The number of hydrogen-bond acceptors (Lipinski definition) is 3. The molecule has 0 bridgehead atoms. The summed E-state index contributed by atoms with van der Waals surface area (Å²) in [6.45, 7) is 19.0. The maximum Gasteiger partial charge on any atom is 0.261 e. The molecule has 0 amide bonds. The Morgan fingerprint density at radius 1 is 0.767 bits per heavy atom. The molecule has 0 aliphatic heterocycles. The van der Waals surface area contributed by atoms with E-state index in [2.05, 4.69) is 115 Å². The lowest BCUT2D eigenvalue weighted by atomic mass is 9.44. The minimum absolute atomic E-state index is 0.00163. The van der Waals surface area contributed by atoms with Crippen molar-refractivity contribution in [2.45, 2.75) is 123 Å². The second-order valence-electron chi connectivity index (χ2n) is 17.0. The van der Waals surface area contributed by atoms with Gasteiger partial charge < -0.3 is 8.85 Å². The molecule has 6 rings (SSSR count). The van der Waals surface area contributed by atoms with E-state index in [-0.39, 0.29) is 22.7 Å². The summed E-state index contributed by atoms with van der Waals surface area (Å²) in [6, 6.07) is 22.3. The van der Waals surface area contributed by atoms with Crippen LogP contribution >= 0.6 is 0 Å². The van der Waals surface area contributed by atoms with Crippen LogP contribution in [0.15, 0.2) is 60.7 Å². The predicted octanol–water partition coefficient (Wildman–Crippen LogP) is 8.37. The average molecular weight is 617 g/mol. The van der Waals surface area contributed by atoms with Gasteiger partial charge in [-0.05, 0) is 116 Å². The Labute approximate surface area is 263 Å². The predicted molar refractivity (Wildman–Crippen MR) is 183 cm³/mol. The molecule has 0 saturated heterocycles. The first kappa shape index (κ1) is 31.4. The summed E-state index contributed by atoms with van der Waals surface area (Å²) in [5, 5.41) is 2.77. The molecule has 4 aliphatic carbocycles. The second-order valence-corrected chi connectivity index (χ2v) is 25.7. The van der Waals surface area contributed by atoms with Gasteiger partial charge in [-0.25, -0.2) is 0 Å². The first-order chi connectivity index (χ1) is 20.2. The SMILES string of the molecule is CC(C)(C)[Si](O[C@@H]1CC[C@@]2(C)[C@H](CC[C@@H]3[C@@H]2C[C@H](O[Si](C)(C)C)[C@]2(C)C(=O)CC[C@@H]32)C1)(c1ccccc1)c1ccccc1. The summed E-state index contributed by atoms with van der Waals surface area (Å²) in [4.78, 5) is 13.5. The number of Topliss-reactive ketones (excluding diaryl/α,β-unsaturated/α-hetero) is 1. The van der Waals surface area contributed by atoms with Crippen LogP contribution in [0.1, 0.15) is 86.0 Å². The fourth-order valence-electron chi connectivity index (χ4n) is 10.6. The lowest BCUT2D eigenvalue weighted by Crippen LogP contribution is -2.68. The highest BCUT2D eigenvalue weighted by molar-refractivity contribution is 6.99. The molecule has 0 unspecified atom stereocenters. The van der Waals surface area contributed by atoms with E-state index in [1.54, 1.807) is 0 Å². The van der Waals surface area contributed by atoms with Gasteiger partial charge in [0, 0.05) is 12.5 Å². The van der Waals surface area contributed by atoms with Gasteiger partial charge in [0.05, 0.1) is 11.5 Å². The quantitative estimate of drug-likeness (QED) is 0.306. The van der Waals surface area contributed by atoms with Gasteiger partial charge in [0.1, 0.15) is 5.78 Å². The molecule has 4 saturated carbocycles. The Morgan fingerprint density at radius 3 is 1.93 bits per heavy atom. The zero-order chi connectivity index (χ0) is 30.8. The lowest BCUT2D eigenvalue weighted by molar-refractivity contribution is -0.165. The van der Waals surface area contributed by atoms with Gasteiger partial charge in [-0.1, -0.05) is 88.4 Å². The van der Waals surface area contributed by atoms with Crippen molar-refractivity contribution in [1.82, 2.24) is 0 Å². The third-order valence-electron chi connectivity index (χ3n) is 12.7. The van der Waals surface area contributed by atoms with E-state index in [0.717, 1.165) is 32.1 Å². The molecule has 3 nitrogen and oxygen atoms in total. The van der Waals surface area contributed by atoms with Gasteiger partial charge in [-0.15, -0.1) is 0 Å². The maximum absolute atomic E-state index is 13.5. The molecule has 4 fully saturated rings. The maximum atomic E-state index is 13.5. The van der Waals surface area contributed by atoms with Crippen LogP contribution in [-0.4, -0.2) is 34.6 Å². The van der Waals surface area contributed by atoms with E-state index in [9.17, 15) is 4.79 Å². The molecule has 0 spiro atoms. The fourth-order valence-corrected chi connectivity index (χ4v) is 16.5. The van der Waals surface area contributed by atoms with Gasteiger partial charge in [-0.2, -0.15) is 0 Å². The highest BCUT2D eigenvalue weighted by Gasteiger charge is 2.65. The highest BCUT2D eigenvalue weighted by Crippen LogP contribution is 2.66. The Hall–Kier alpha value is -1.54. The van der Waals surface area contributed by atoms with E-state index >= 15 is 0 Å². The summed E-state index contributed by atoms with van der Waals surface area (Å²) in [5.74, 6) is 2.94. The van der Waals surface area contributed by atoms with Crippen molar-refractivity contribution in [2.75, 3.05) is 0 Å².